The van der Waals surface area contributed by atoms with Gasteiger partial charge in [-0.1, -0.05) is 6.07 Å². The molecule has 8 heteroatoms. The van der Waals surface area contributed by atoms with Crippen LogP contribution in [-0.4, -0.2) is 13.4 Å². The summed E-state index contributed by atoms with van der Waals surface area (Å²) >= 11 is 0. The van der Waals surface area contributed by atoms with Gasteiger partial charge in [0, 0.05) is 12.3 Å². The number of sulfonamides is 1. The van der Waals surface area contributed by atoms with E-state index < -0.39 is 32.2 Å². The summed E-state index contributed by atoms with van der Waals surface area (Å²) in [6, 6.07) is 4.42. The Morgan fingerprint density at radius 3 is 2.60 bits per heavy atom. The van der Waals surface area contributed by atoms with Crippen molar-refractivity contribution in [3.63, 3.8) is 0 Å². The number of anilines is 2. The standard InChI is InChI=1S/C12H11F2N3O2S/c1-7-3-2-4-16-12(7)17-20(18,19)11-6-10(15)8(13)5-9(11)14/h2-6H,15H2,1H3,(H,16,17). The van der Waals surface area contributed by atoms with E-state index in [0.717, 1.165) is 6.07 Å². The lowest BCUT2D eigenvalue weighted by Gasteiger charge is -2.10. The first-order valence-electron chi connectivity index (χ1n) is 5.50. The minimum Gasteiger partial charge on any atom is -0.396 e. The maximum atomic E-state index is 13.6. The van der Waals surface area contributed by atoms with E-state index in [4.69, 9.17) is 5.73 Å². The molecule has 0 unspecified atom stereocenters. The topological polar surface area (TPSA) is 85.1 Å². The average Bonchev–Trinajstić information content (AvgIpc) is 2.36. The Kier molecular flexibility index (Phi) is 3.58. The number of aromatic nitrogens is 1. The van der Waals surface area contributed by atoms with Gasteiger partial charge in [-0.3, -0.25) is 4.72 Å². The summed E-state index contributed by atoms with van der Waals surface area (Å²) in [7, 11) is -4.24. The van der Waals surface area contributed by atoms with Gasteiger partial charge < -0.3 is 5.73 Å². The van der Waals surface area contributed by atoms with Crippen LogP contribution in [0.3, 0.4) is 0 Å². The summed E-state index contributed by atoms with van der Waals surface area (Å²) in [6.07, 6.45) is 1.39. The van der Waals surface area contributed by atoms with Crippen molar-refractivity contribution in [2.75, 3.05) is 10.5 Å². The van der Waals surface area contributed by atoms with Crippen molar-refractivity contribution >= 4 is 21.5 Å². The van der Waals surface area contributed by atoms with Crippen LogP contribution in [-0.2, 0) is 10.0 Å². The van der Waals surface area contributed by atoms with Crippen molar-refractivity contribution in [3.05, 3.63) is 47.7 Å². The van der Waals surface area contributed by atoms with Crippen LogP contribution in [0, 0.1) is 18.6 Å². The van der Waals surface area contributed by atoms with Gasteiger partial charge in [0.25, 0.3) is 10.0 Å². The van der Waals surface area contributed by atoms with E-state index in [0.29, 0.717) is 11.6 Å². The van der Waals surface area contributed by atoms with E-state index in [1.165, 1.54) is 6.20 Å². The number of nitrogens with two attached hydrogens (primary N) is 1. The van der Waals surface area contributed by atoms with Crippen molar-refractivity contribution in [3.8, 4) is 0 Å². The van der Waals surface area contributed by atoms with E-state index in [-0.39, 0.29) is 5.82 Å². The first-order chi connectivity index (χ1) is 9.31. The fraction of sp³-hybridized carbons (Fsp3) is 0.0833. The van der Waals surface area contributed by atoms with E-state index in [1.54, 1.807) is 19.1 Å². The van der Waals surface area contributed by atoms with Crippen molar-refractivity contribution in [2.45, 2.75) is 11.8 Å². The van der Waals surface area contributed by atoms with E-state index >= 15 is 0 Å². The Hall–Kier alpha value is -2.22. The van der Waals surface area contributed by atoms with Crippen LogP contribution in [0.15, 0.2) is 35.4 Å². The number of aryl methyl sites for hydroxylation is 1. The Balaban J connectivity index is 2.47. The number of nitrogens with one attached hydrogen (secondary N) is 1. The van der Waals surface area contributed by atoms with Gasteiger partial charge in [0.15, 0.2) is 0 Å². The van der Waals surface area contributed by atoms with Crippen molar-refractivity contribution in [1.29, 1.82) is 0 Å². The minimum absolute atomic E-state index is 0.0646. The molecule has 0 fully saturated rings. The van der Waals surface area contributed by atoms with Crippen molar-refractivity contribution in [1.82, 2.24) is 4.98 Å². The third kappa shape index (κ3) is 2.69. The molecule has 0 bridgehead atoms. The summed E-state index contributed by atoms with van der Waals surface area (Å²) in [4.78, 5) is 3.11. The predicted octanol–water partition coefficient (Wildman–Crippen LogP) is 2.05. The maximum Gasteiger partial charge on any atom is 0.266 e. The third-order valence-electron chi connectivity index (χ3n) is 2.58. The minimum atomic E-state index is -4.24. The predicted molar refractivity (Wildman–Crippen MR) is 70.6 cm³/mol. The summed E-state index contributed by atoms with van der Waals surface area (Å²) in [5.41, 5.74) is 5.37. The van der Waals surface area contributed by atoms with Crippen LogP contribution in [0.5, 0.6) is 0 Å². The third-order valence-corrected chi connectivity index (χ3v) is 3.94. The summed E-state index contributed by atoms with van der Waals surface area (Å²) in [5, 5.41) is 0. The second kappa shape index (κ2) is 5.04. The normalized spacial score (nSPS) is 11.3. The largest absolute Gasteiger partial charge is 0.396 e. The Bertz CT molecular complexity index is 763. The molecule has 0 amide bonds. The lowest BCUT2D eigenvalue weighted by molar-refractivity contribution is 0.553. The molecule has 0 aliphatic rings. The number of nitrogens with zero attached hydrogens (tertiary/aromatic N) is 1. The van der Waals surface area contributed by atoms with E-state index in [1.807, 2.05) is 0 Å². The average molecular weight is 299 g/mol. The number of pyridine rings is 1. The van der Waals surface area contributed by atoms with Crippen LogP contribution in [0.1, 0.15) is 5.56 Å². The highest BCUT2D eigenvalue weighted by atomic mass is 32.2. The quantitative estimate of drug-likeness (QED) is 0.849. The highest BCUT2D eigenvalue weighted by Gasteiger charge is 2.22. The molecule has 0 aliphatic carbocycles. The highest BCUT2D eigenvalue weighted by Crippen LogP contribution is 2.23. The SMILES string of the molecule is Cc1cccnc1NS(=O)(=O)c1cc(N)c(F)cc1F. The van der Waals surface area contributed by atoms with Crippen LogP contribution in [0.25, 0.3) is 0 Å². The number of hydrogen-bond acceptors (Lipinski definition) is 4. The van der Waals surface area contributed by atoms with E-state index in [9.17, 15) is 17.2 Å². The summed E-state index contributed by atoms with van der Waals surface area (Å²) in [6.45, 7) is 1.64. The first kappa shape index (κ1) is 14.2. The summed E-state index contributed by atoms with van der Waals surface area (Å²) < 4.78 is 52.9. The maximum absolute atomic E-state index is 13.6. The molecule has 0 atom stereocenters. The van der Waals surface area contributed by atoms with Crippen LogP contribution < -0.4 is 10.5 Å². The van der Waals surface area contributed by atoms with Gasteiger partial charge in [-0.25, -0.2) is 22.2 Å². The van der Waals surface area contributed by atoms with Gasteiger partial charge in [-0.2, -0.15) is 0 Å². The van der Waals surface area contributed by atoms with Gasteiger partial charge in [0.05, 0.1) is 5.69 Å². The molecule has 1 heterocycles. The zero-order valence-electron chi connectivity index (χ0n) is 10.4. The van der Waals surface area contributed by atoms with Gasteiger partial charge in [-0.15, -0.1) is 0 Å². The fourth-order valence-corrected chi connectivity index (χ4v) is 2.70. The van der Waals surface area contributed by atoms with Gasteiger partial charge in [0.1, 0.15) is 22.3 Å². The number of halogens is 2. The van der Waals surface area contributed by atoms with Crippen molar-refractivity contribution in [2.24, 2.45) is 0 Å². The molecule has 0 saturated carbocycles. The molecule has 3 N–H and O–H groups in total. The highest BCUT2D eigenvalue weighted by molar-refractivity contribution is 7.92. The lowest BCUT2D eigenvalue weighted by atomic mass is 10.3. The molecule has 0 radical (unpaired) electrons. The Labute approximate surface area is 114 Å². The van der Waals surface area contributed by atoms with Crippen LogP contribution >= 0.6 is 0 Å². The molecule has 1 aromatic carbocycles. The zero-order chi connectivity index (χ0) is 14.9. The summed E-state index contributed by atoms with van der Waals surface area (Å²) in [5.74, 6) is -2.18. The second-order valence-electron chi connectivity index (χ2n) is 4.08. The van der Waals surface area contributed by atoms with Gasteiger partial charge in [-0.05, 0) is 24.6 Å². The molecular formula is C12H11F2N3O2S. The zero-order valence-corrected chi connectivity index (χ0v) is 11.2. The molecular weight excluding hydrogens is 288 g/mol. The fourth-order valence-electron chi connectivity index (χ4n) is 1.53. The number of nitrogen functional groups attached to an aromatic ring is 1. The molecule has 1 aromatic heterocycles. The van der Waals surface area contributed by atoms with Crippen molar-refractivity contribution < 1.29 is 17.2 Å². The van der Waals surface area contributed by atoms with Crippen LogP contribution in [0.4, 0.5) is 20.3 Å². The molecule has 0 aliphatic heterocycles. The first-order valence-corrected chi connectivity index (χ1v) is 6.98. The van der Waals surface area contributed by atoms with Gasteiger partial charge in [0.2, 0.25) is 0 Å². The number of rotatable bonds is 3. The Morgan fingerprint density at radius 1 is 1.25 bits per heavy atom. The molecule has 0 spiro atoms. The number of hydrogen-bond donors (Lipinski definition) is 2. The Morgan fingerprint density at radius 2 is 1.95 bits per heavy atom. The van der Waals surface area contributed by atoms with Crippen LogP contribution in [0.2, 0.25) is 0 Å². The monoisotopic (exact) mass is 299 g/mol. The second-order valence-corrected chi connectivity index (χ2v) is 5.73. The molecule has 0 saturated heterocycles. The van der Waals surface area contributed by atoms with Gasteiger partial charge >= 0.3 is 0 Å². The molecule has 2 rings (SSSR count). The molecule has 2 aromatic rings. The molecule has 106 valence electrons. The number of benzene rings is 1. The smallest absolute Gasteiger partial charge is 0.266 e. The van der Waals surface area contributed by atoms with E-state index in [2.05, 4.69) is 9.71 Å². The molecule has 5 nitrogen and oxygen atoms in total. The molecule has 20 heavy (non-hydrogen) atoms. The lowest BCUT2D eigenvalue weighted by Crippen LogP contribution is -2.17.